The zero-order valence-electron chi connectivity index (χ0n) is 77.7. The molecule has 0 bridgehead atoms. The molecule has 0 saturated carbocycles. The van der Waals surface area contributed by atoms with Crippen LogP contribution in [0.4, 0.5) is 4.39 Å². The number of carbonyl (C=O) groups is 6. The quantitative estimate of drug-likeness (QED) is 0.0162. The first-order valence-electron chi connectivity index (χ1n) is 44.8. The lowest BCUT2D eigenvalue weighted by Crippen LogP contribution is -2.38. The lowest BCUT2D eigenvalue weighted by atomic mass is 10.1. The molecule has 0 aliphatic rings. The van der Waals surface area contributed by atoms with Crippen molar-refractivity contribution in [2.24, 2.45) is 0 Å². The summed E-state index contributed by atoms with van der Waals surface area (Å²) in [4.78, 5) is 87.7. The first-order valence-corrected chi connectivity index (χ1v) is 52.4. The molecular formula is C103H102Cl7FN12O15S3. The third kappa shape index (κ3) is 28.7. The van der Waals surface area contributed by atoms with E-state index in [1.54, 1.807) is 141 Å². The minimum atomic E-state index is -4.14. The third-order valence-electron chi connectivity index (χ3n) is 23.0. The highest BCUT2D eigenvalue weighted by Gasteiger charge is 2.29. The summed E-state index contributed by atoms with van der Waals surface area (Å²) in [5.41, 5.74) is 14.4. The Bertz CT molecular complexity index is 7200. The number of nitrogens with zero attached hydrogens (tertiary/aromatic N) is 3. The molecule has 15 aromatic rings. The van der Waals surface area contributed by atoms with Crippen molar-refractivity contribution in [2.45, 2.75) is 107 Å². The Balaban J connectivity index is 0.000000178. The van der Waals surface area contributed by atoms with Gasteiger partial charge in [0.05, 0.1) is 37.1 Å². The Kier molecular flexibility index (Phi) is 35.9. The average Bonchev–Trinajstić information content (AvgIpc) is 1.64. The number of hydrogen-bond donors (Lipinski definition) is 9. The van der Waals surface area contributed by atoms with Crippen molar-refractivity contribution >= 4 is 179 Å². The highest BCUT2D eigenvalue weighted by atomic mass is 35.5. The second kappa shape index (κ2) is 47.8. The van der Waals surface area contributed by atoms with Crippen molar-refractivity contribution in [1.29, 1.82) is 0 Å². The molecule has 141 heavy (non-hydrogen) atoms. The molecule has 6 aromatic heterocycles. The SMILES string of the molecule is Cc1cc(OCCCc2c(C(=O)NS(=O)(=O)CCNC(=O)c3cccn3Cc3cccc(Cl)c3)[nH]c3cc(Cl)ccc23)cc(C)c1Cl.Cc1cc(OCCCc2c(C(=O)NS(=O)(=O)CCNC(=O)c3cccn3Cc3cccc(F)c3)[nH]c3cc(Cl)ccc23)cc(C)c1Cl.Cc1ccccc1Cn1cccc1C(=O)NCCS(=O)(=O)NC(=O)c1[nH]c2cc(Cl)ccc2c1CCCOc1cc(C)c(Cl)c(C)c1. The second-order valence-electron chi connectivity index (χ2n) is 33.7. The van der Waals surface area contributed by atoms with E-state index in [0.29, 0.717) is 174 Å². The van der Waals surface area contributed by atoms with Crippen LogP contribution in [0.2, 0.25) is 35.2 Å². The minimum absolute atomic E-state index is 0.100. The summed E-state index contributed by atoms with van der Waals surface area (Å²) in [6.07, 6.45) is 8.16. The van der Waals surface area contributed by atoms with Gasteiger partial charge in [-0.1, -0.05) is 148 Å². The normalized spacial score (nSPS) is 11.5. The zero-order chi connectivity index (χ0) is 101. The van der Waals surface area contributed by atoms with Crippen molar-refractivity contribution in [3.8, 4) is 17.2 Å². The molecule has 9 aromatic carbocycles. The highest BCUT2D eigenvalue weighted by molar-refractivity contribution is 7.90. The molecule has 15 rings (SSSR count). The van der Waals surface area contributed by atoms with Gasteiger partial charge in [-0.25, -0.2) is 43.8 Å². The highest BCUT2D eigenvalue weighted by Crippen LogP contribution is 2.35. The second-order valence-corrected chi connectivity index (χ2v) is 42.1. The molecular weight excluding hydrogens is 2010 g/mol. The lowest BCUT2D eigenvalue weighted by Gasteiger charge is -2.12. The van der Waals surface area contributed by atoms with Gasteiger partial charge in [-0.2, -0.15) is 0 Å². The van der Waals surface area contributed by atoms with E-state index in [-0.39, 0.29) is 54.8 Å². The van der Waals surface area contributed by atoms with Crippen LogP contribution in [-0.4, -0.2) is 146 Å². The maximum atomic E-state index is 13.6. The van der Waals surface area contributed by atoms with Crippen molar-refractivity contribution in [1.82, 2.24) is 58.8 Å². The van der Waals surface area contributed by atoms with Crippen LogP contribution in [0.25, 0.3) is 32.7 Å². The lowest BCUT2D eigenvalue weighted by molar-refractivity contribution is 0.0938. The van der Waals surface area contributed by atoms with Gasteiger partial charge in [0, 0.05) is 126 Å². The molecule has 0 fully saturated rings. The summed E-state index contributed by atoms with van der Waals surface area (Å²) in [5.74, 6) is -3.62. The Morgan fingerprint density at radius 1 is 0.333 bits per heavy atom. The topological polar surface area (TPSA) is 367 Å². The van der Waals surface area contributed by atoms with Crippen LogP contribution >= 0.6 is 81.2 Å². The number of amides is 6. The van der Waals surface area contributed by atoms with Crippen LogP contribution in [0.1, 0.15) is 155 Å². The number of benzene rings is 9. The van der Waals surface area contributed by atoms with Crippen LogP contribution < -0.4 is 44.3 Å². The number of rotatable bonds is 39. The number of H-pyrrole nitrogens is 3. The van der Waals surface area contributed by atoms with Crippen LogP contribution in [0.3, 0.4) is 0 Å². The van der Waals surface area contributed by atoms with Crippen LogP contribution in [-0.2, 0) is 69.0 Å². The van der Waals surface area contributed by atoms with Gasteiger partial charge >= 0.3 is 0 Å². The summed E-state index contributed by atoms with van der Waals surface area (Å²) in [6.45, 7) is 15.1. The molecule has 738 valence electrons. The molecule has 38 heteroatoms. The molecule has 6 heterocycles. The average molecular weight is 2110 g/mol. The fourth-order valence-electron chi connectivity index (χ4n) is 16.1. The number of nitrogens with one attached hydrogen (secondary N) is 9. The van der Waals surface area contributed by atoms with Gasteiger partial charge in [0.2, 0.25) is 30.1 Å². The van der Waals surface area contributed by atoms with Gasteiger partial charge in [-0.05, 0) is 293 Å². The molecule has 6 amide bonds. The van der Waals surface area contributed by atoms with E-state index in [4.69, 9.17) is 95.4 Å². The number of ether oxygens (including phenoxy) is 3. The summed E-state index contributed by atoms with van der Waals surface area (Å²) < 4.78 is 121. The van der Waals surface area contributed by atoms with E-state index in [9.17, 15) is 58.4 Å². The van der Waals surface area contributed by atoms with Crippen LogP contribution in [0.15, 0.2) is 219 Å². The summed E-state index contributed by atoms with van der Waals surface area (Å²) in [7, 11) is -12.3. The third-order valence-corrected chi connectivity index (χ3v) is 29.5. The van der Waals surface area contributed by atoms with E-state index in [2.05, 4.69) is 45.1 Å². The van der Waals surface area contributed by atoms with Crippen LogP contribution in [0.5, 0.6) is 17.2 Å². The molecule has 9 N–H and O–H groups in total. The Morgan fingerprint density at radius 2 is 0.645 bits per heavy atom. The smallest absolute Gasteiger partial charge is 0.281 e. The van der Waals surface area contributed by atoms with Gasteiger partial charge < -0.3 is 58.8 Å². The minimum Gasteiger partial charge on any atom is -0.494 e. The Labute approximate surface area is 850 Å². The fourth-order valence-corrected chi connectivity index (χ4v) is 19.8. The number of hydrogen-bond acceptors (Lipinski definition) is 15. The van der Waals surface area contributed by atoms with Gasteiger partial charge in [-0.3, -0.25) is 28.8 Å². The molecule has 0 spiro atoms. The van der Waals surface area contributed by atoms with E-state index in [1.165, 1.54) is 12.1 Å². The Hall–Kier alpha value is -12.5. The van der Waals surface area contributed by atoms with Gasteiger partial charge in [0.25, 0.3) is 35.4 Å². The molecule has 0 atom stereocenters. The number of fused-ring (bicyclic) bond motifs is 3. The van der Waals surface area contributed by atoms with E-state index in [1.807, 2.05) is 127 Å². The number of carbonyl (C=O) groups excluding carboxylic acids is 6. The summed E-state index contributed by atoms with van der Waals surface area (Å²) in [5, 5.41) is 14.2. The summed E-state index contributed by atoms with van der Waals surface area (Å²) in [6, 6.07) is 58.0. The van der Waals surface area contributed by atoms with Gasteiger partial charge in [0.1, 0.15) is 57.2 Å². The number of halogens is 8. The largest absolute Gasteiger partial charge is 0.494 e. The molecule has 0 aliphatic heterocycles. The van der Waals surface area contributed by atoms with Gasteiger partial charge in [0.15, 0.2) is 0 Å². The monoisotopic (exact) mass is 2110 g/mol. The van der Waals surface area contributed by atoms with Gasteiger partial charge in [-0.15, -0.1) is 0 Å². The van der Waals surface area contributed by atoms with Crippen molar-refractivity contribution in [3.05, 3.63) is 366 Å². The predicted molar refractivity (Wildman–Crippen MR) is 555 cm³/mol. The Morgan fingerprint density at radius 3 is 0.972 bits per heavy atom. The maximum Gasteiger partial charge on any atom is 0.281 e. The maximum absolute atomic E-state index is 13.6. The van der Waals surface area contributed by atoms with Crippen molar-refractivity contribution in [2.75, 3.05) is 56.7 Å². The van der Waals surface area contributed by atoms with Crippen molar-refractivity contribution < 1.29 is 72.6 Å². The molecule has 0 aliphatic carbocycles. The van der Waals surface area contributed by atoms with Crippen LogP contribution in [0, 0.1) is 54.3 Å². The van der Waals surface area contributed by atoms with E-state index < -0.39 is 82.8 Å². The first kappa shape index (κ1) is 106. The summed E-state index contributed by atoms with van der Waals surface area (Å²) >= 11 is 43.4. The molecule has 0 unspecified atom stereocenters. The number of sulfonamides is 3. The standard InChI is InChI=1S/C35H36Cl2N4O5S.C34H33Cl3N4O5S.C34H33Cl2FN4O5S/c1-22-8-4-5-9-25(22)21-41-15-6-11-31(41)34(42)38-14-17-47(44,45)40-35(43)33-29(28-13-12-26(36)20-30(28)39-33)10-7-16-46-27-18-23(2)32(37)24(3)19-27;1-21-16-26(17-22(2)31(21)37)46-14-5-8-28-27-11-10-25(36)19-29(27)39-32(28)34(43)40-47(44,45)15-12-38-33(42)30-9-4-13-41(30)20-23-6-3-7-24(35)18-23;1-21-16-26(17-22(2)31(21)36)46-14-5-8-28-27-11-10-24(35)19-29(27)39-32(28)34(43)40-47(44,45)15-12-38-33(42)30-9-4-13-41(30)20-23-6-3-7-25(37)18-23/h4-6,8-9,11-13,15,18-20,39H,7,10,14,16-17,21H2,1-3H3,(H,38,42)(H,40,43);2*3-4,6-7,9-11,13,16-19,39H,5,8,12,14-15,20H2,1-2H3,(H,38,42)(H,40,43). The van der Waals surface area contributed by atoms with Crippen molar-refractivity contribution in [3.63, 3.8) is 0 Å². The first-order chi connectivity index (χ1) is 67.2. The fraction of sp³-hybridized carbons (Fsp3) is 0.243. The number of aromatic amines is 3. The molecule has 0 radical (unpaired) electrons. The molecule has 27 nitrogen and oxygen atoms in total. The predicted octanol–water partition coefficient (Wildman–Crippen LogP) is 20.4. The van der Waals surface area contributed by atoms with E-state index in [0.717, 1.165) is 66.2 Å². The zero-order valence-corrected chi connectivity index (χ0v) is 85.5. The number of aromatic nitrogens is 6. The molecule has 0 saturated heterocycles. The van der Waals surface area contributed by atoms with E-state index >= 15 is 0 Å². The number of aryl methyl sites for hydroxylation is 10.